The summed E-state index contributed by atoms with van der Waals surface area (Å²) in [5, 5.41) is 8.31. The van der Waals surface area contributed by atoms with Crippen molar-refractivity contribution < 1.29 is 24.2 Å². The number of hydrogen-bond acceptors (Lipinski definition) is 5. The molecule has 1 saturated heterocycles. The number of benzene rings is 1. The van der Waals surface area contributed by atoms with E-state index in [-0.39, 0.29) is 11.1 Å². The van der Waals surface area contributed by atoms with E-state index < -0.39 is 12.6 Å². The van der Waals surface area contributed by atoms with Gasteiger partial charge in [-0.3, -0.25) is 14.5 Å². The molecule has 0 unspecified atom stereocenters. The summed E-state index contributed by atoms with van der Waals surface area (Å²) in [7, 11) is 0. The fourth-order valence-corrected chi connectivity index (χ4v) is 2.83. The van der Waals surface area contributed by atoms with Crippen LogP contribution in [0.5, 0.6) is 5.75 Å². The molecule has 122 valence electrons. The van der Waals surface area contributed by atoms with E-state index in [4.69, 9.17) is 9.84 Å². The number of carbonyl (C=O) groups is 3. The monoisotopic (exact) mass is 335 g/mol. The number of unbranched alkanes of at least 4 members (excludes halogenated alkanes) is 1. The van der Waals surface area contributed by atoms with Gasteiger partial charge in [-0.1, -0.05) is 25.5 Å². The molecule has 0 bridgehead atoms. The van der Waals surface area contributed by atoms with Crippen molar-refractivity contribution in [1.29, 1.82) is 0 Å². The molecule has 0 saturated carbocycles. The third kappa shape index (κ3) is 4.59. The highest BCUT2D eigenvalue weighted by atomic mass is 32.2. The molecule has 0 spiro atoms. The predicted octanol–water partition coefficient (Wildman–Crippen LogP) is 2.99. The Morgan fingerprint density at radius 1 is 1.30 bits per heavy atom. The average molecular weight is 335 g/mol. The number of carboxylic acid groups (broad SMARTS) is 1. The molecule has 1 aliphatic rings. The number of aliphatic carboxylic acids is 1. The Morgan fingerprint density at radius 2 is 2.00 bits per heavy atom. The van der Waals surface area contributed by atoms with Gasteiger partial charge < -0.3 is 9.84 Å². The van der Waals surface area contributed by atoms with Crippen LogP contribution >= 0.6 is 11.8 Å². The molecule has 0 aromatic heterocycles. The quantitative estimate of drug-likeness (QED) is 0.771. The molecule has 1 N–H and O–H groups in total. The number of ether oxygens (including phenoxy) is 1. The van der Waals surface area contributed by atoms with Crippen molar-refractivity contribution in [2.24, 2.45) is 0 Å². The SMILES string of the molecule is CCCCN1C(=O)S/C(=C\c2ccc(OCC(=O)O)cc2)C1=O. The molecule has 1 aliphatic heterocycles. The van der Waals surface area contributed by atoms with Gasteiger partial charge in [0.2, 0.25) is 0 Å². The lowest BCUT2D eigenvalue weighted by atomic mass is 10.2. The lowest BCUT2D eigenvalue weighted by Crippen LogP contribution is -2.29. The van der Waals surface area contributed by atoms with Crippen molar-refractivity contribution in [3.63, 3.8) is 0 Å². The number of amides is 2. The second-order valence-corrected chi connectivity index (χ2v) is 5.93. The minimum atomic E-state index is -1.05. The maximum absolute atomic E-state index is 12.2. The van der Waals surface area contributed by atoms with E-state index in [0.29, 0.717) is 17.2 Å². The van der Waals surface area contributed by atoms with Gasteiger partial charge in [0.1, 0.15) is 5.75 Å². The van der Waals surface area contributed by atoms with E-state index in [1.54, 1.807) is 30.3 Å². The van der Waals surface area contributed by atoms with E-state index in [1.165, 1.54) is 4.90 Å². The summed E-state index contributed by atoms with van der Waals surface area (Å²) in [6.45, 7) is 2.04. The smallest absolute Gasteiger partial charge is 0.341 e. The predicted molar refractivity (Wildman–Crippen MR) is 87.2 cm³/mol. The summed E-state index contributed by atoms with van der Waals surface area (Å²) in [5.41, 5.74) is 0.744. The van der Waals surface area contributed by atoms with Gasteiger partial charge in [-0.15, -0.1) is 0 Å². The van der Waals surface area contributed by atoms with Crippen molar-refractivity contribution in [3.05, 3.63) is 34.7 Å². The van der Waals surface area contributed by atoms with Gasteiger partial charge >= 0.3 is 5.97 Å². The Morgan fingerprint density at radius 3 is 2.61 bits per heavy atom. The summed E-state index contributed by atoms with van der Waals surface area (Å²) in [5.74, 6) is -0.880. The Labute approximate surface area is 138 Å². The zero-order valence-electron chi connectivity index (χ0n) is 12.7. The molecular weight excluding hydrogens is 318 g/mol. The van der Waals surface area contributed by atoms with Crippen molar-refractivity contribution in [2.75, 3.05) is 13.2 Å². The highest BCUT2D eigenvalue weighted by Gasteiger charge is 2.34. The summed E-state index contributed by atoms with van der Waals surface area (Å²) in [6.07, 6.45) is 3.36. The van der Waals surface area contributed by atoms with Gasteiger partial charge in [0.15, 0.2) is 6.61 Å². The van der Waals surface area contributed by atoms with Crippen molar-refractivity contribution >= 4 is 35.0 Å². The highest BCUT2D eigenvalue weighted by molar-refractivity contribution is 8.18. The third-order valence-electron chi connectivity index (χ3n) is 3.15. The van der Waals surface area contributed by atoms with Crippen LogP contribution in [-0.4, -0.2) is 40.3 Å². The Balaban J connectivity index is 2.05. The molecule has 1 aromatic rings. The van der Waals surface area contributed by atoms with Crippen LogP contribution in [0.2, 0.25) is 0 Å². The van der Waals surface area contributed by atoms with Crippen LogP contribution in [0.3, 0.4) is 0 Å². The zero-order chi connectivity index (χ0) is 16.8. The number of thioether (sulfide) groups is 1. The number of hydrogen-bond donors (Lipinski definition) is 1. The number of carbonyl (C=O) groups excluding carboxylic acids is 2. The summed E-state index contributed by atoms with van der Waals surface area (Å²) in [6, 6.07) is 6.65. The first-order valence-corrected chi connectivity index (χ1v) is 8.03. The first kappa shape index (κ1) is 17.1. The first-order valence-electron chi connectivity index (χ1n) is 7.21. The fraction of sp³-hybridized carbons (Fsp3) is 0.312. The number of rotatable bonds is 7. The minimum Gasteiger partial charge on any atom is -0.482 e. The van der Waals surface area contributed by atoms with Gasteiger partial charge in [-0.05, 0) is 42.0 Å². The van der Waals surface area contributed by atoms with E-state index in [0.717, 1.165) is 30.2 Å². The standard InChI is InChI=1S/C16H17NO5S/c1-2-3-8-17-15(20)13(23-16(17)21)9-11-4-6-12(7-5-11)22-10-14(18)19/h4-7,9H,2-3,8,10H2,1H3,(H,18,19)/b13-9-. The second-order valence-electron chi connectivity index (χ2n) is 4.94. The number of imide groups is 1. The van der Waals surface area contributed by atoms with Crippen LogP contribution < -0.4 is 4.74 Å². The van der Waals surface area contributed by atoms with Crippen molar-refractivity contribution in [1.82, 2.24) is 4.90 Å². The van der Waals surface area contributed by atoms with Crippen LogP contribution in [0.15, 0.2) is 29.2 Å². The molecule has 0 radical (unpaired) electrons. The summed E-state index contributed by atoms with van der Waals surface area (Å²) in [4.78, 5) is 36.1. The van der Waals surface area contributed by atoms with Crippen LogP contribution in [0.25, 0.3) is 6.08 Å². The van der Waals surface area contributed by atoms with Crippen LogP contribution in [0, 0.1) is 0 Å². The zero-order valence-corrected chi connectivity index (χ0v) is 13.5. The van der Waals surface area contributed by atoms with Crippen molar-refractivity contribution in [3.8, 4) is 5.75 Å². The molecule has 0 aliphatic carbocycles. The van der Waals surface area contributed by atoms with E-state index in [2.05, 4.69) is 0 Å². The Hall–Kier alpha value is -2.28. The van der Waals surface area contributed by atoms with Gasteiger partial charge in [0.05, 0.1) is 4.91 Å². The van der Waals surface area contributed by atoms with Crippen LogP contribution in [-0.2, 0) is 9.59 Å². The molecule has 1 aromatic carbocycles. The molecule has 2 amide bonds. The second kappa shape index (κ2) is 7.82. The molecular formula is C16H17NO5S. The van der Waals surface area contributed by atoms with Crippen LogP contribution in [0.4, 0.5) is 4.79 Å². The average Bonchev–Trinajstić information content (AvgIpc) is 2.78. The molecule has 6 nitrogen and oxygen atoms in total. The third-order valence-corrected chi connectivity index (χ3v) is 4.06. The van der Waals surface area contributed by atoms with Crippen LogP contribution in [0.1, 0.15) is 25.3 Å². The lowest BCUT2D eigenvalue weighted by Gasteiger charge is -2.10. The Bertz CT molecular complexity index is 638. The molecule has 2 rings (SSSR count). The normalized spacial score (nSPS) is 16.2. The maximum atomic E-state index is 12.2. The minimum absolute atomic E-state index is 0.240. The topological polar surface area (TPSA) is 83.9 Å². The summed E-state index contributed by atoms with van der Waals surface area (Å²) >= 11 is 0.935. The van der Waals surface area contributed by atoms with Gasteiger partial charge in [0, 0.05) is 6.54 Å². The highest BCUT2D eigenvalue weighted by Crippen LogP contribution is 2.32. The van der Waals surface area contributed by atoms with Crippen molar-refractivity contribution in [2.45, 2.75) is 19.8 Å². The maximum Gasteiger partial charge on any atom is 0.341 e. The number of nitrogens with zero attached hydrogens (tertiary/aromatic N) is 1. The molecule has 7 heteroatoms. The largest absolute Gasteiger partial charge is 0.482 e. The van der Waals surface area contributed by atoms with E-state index >= 15 is 0 Å². The van der Waals surface area contributed by atoms with Gasteiger partial charge in [-0.2, -0.15) is 0 Å². The lowest BCUT2D eigenvalue weighted by molar-refractivity contribution is -0.139. The molecule has 23 heavy (non-hydrogen) atoms. The Kier molecular flexibility index (Phi) is 5.81. The summed E-state index contributed by atoms with van der Waals surface area (Å²) < 4.78 is 5.04. The first-order chi connectivity index (χ1) is 11.0. The van der Waals surface area contributed by atoms with E-state index in [9.17, 15) is 14.4 Å². The molecule has 0 atom stereocenters. The molecule has 1 heterocycles. The van der Waals surface area contributed by atoms with E-state index in [1.807, 2.05) is 6.92 Å². The number of carboxylic acids is 1. The fourth-order valence-electron chi connectivity index (χ4n) is 1.97. The molecule has 1 fully saturated rings. The van der Waals surface area contributed by atoms with Gasteiger partial charge in [-0.25, -0.2) is 4.79 Å². The van der Waals surface area contributed by atoms with Gasteiger partial charge in [0.25, 0.3) is 11.1 Å².